The Hall–Kier alpha value is -1.16. The summed E-state index contributed by atoms with van der Waals surface area (Å²) in [5, 5.41) is 3.88. The number of sulfonamides is 1. The van der Waals surface area contributed by atoms with Gasteiger partial charge in [-0.2, -0.15) is 0 Å². The standard InChI is InChI=1S/C22H24ClIN2O3S/c1-2-30(28,29)26-11-9-22(10-12-26)18-6-4-3-5-15(18)13-20(22)25-21(27)17-8-7-16(23)14-19(17)24/h3-8,14,20H,2,9-13H2,1H3,(H,25,27). The minimum absolute atomic E-state index is 0.0691. The predicted octanol–water partition coefficient (Wildman–Crippen LogP) is 3.98. The van der Waals surface area contributed by atoms with E-state index in [4.69, 9.17) is 11.6 Å². The van der Waals surface area contributed by atoms with Crippen LogP contribution < -0.4 is 5.32 Å². The molecule has 5 nitrogen and oxygen atoms in total. The third-order valence-electron chi connectivity index (χ3n) is 6.50. The van der Waals surface area contributed by atoms with E-state index in [0.29, 0.717) is 36.5 Å². The topological polar surface area (TPSA) is 66.5 Å². The van der Waals surface area contributed by atoms with E-state index in [1.54, 1.807) is 29.4 Å². The first-order valence-corrected chi connectivity index (χ1v) is 13.2. The summed E-state index contributed by atoms with van der Waals surface area (Å²) in [6, 6.07) is 13.5. The maximum atomic E-state index is 13.1. The number of carbonyl (C=O) groups excluding carboxylic acids is 1. The lowest BCUT2D eigenvalue weighted by Crippen LogP contribution is -2.54. The van der Waals surface area contributed by atoms with Crippen LogP contribution in [0.4, 0.5) is 0 Å². The van der Waals surface area contributed by atoms with E-state index in [1.807, 2.05) is 12.1 Å². The fourth-order valence-corrected chi connectivity index (χ4v) is 7.07. The van der Waals surface area contributed by atoms with Gasteiger partial charge in [0.15, 0.2) is 0 Å². The third kappa shape index (κ3) is 3.89. The number of piperidine rings is 1. The molecule has 1 atom stereocenters. The van der Waals surface area contributed by atoms with E-state index in [2.05, 4.69) is 40.0 Å². The van der Waals surface area contributed by atoms with E-state index >= 15 is 0 Å². The van der Waals surface area contributed by atoms with Crippen molar-refractivity contribution in [1.82, 2.24) is 9.62 Å². The third-order valence-corrected chi connectivity index (χ3v) is 9.51. The number of benzene rings is 2. The molecule has 8 heteroatoms. The average molecular weight is 559 g/mol. The zero-order valence-electron chi connectivity index (χ0n) is 16.7. The summed E-state index contributed by atoms with van der Waals surface area (Å²) in [7, 11) is -3.21. The monoisotopic (exact) mass is 558 g/mol. The summed E-state index contributed by atoms with van der Waals surface area (Å²) in [5.74, 6) is 0.00280. The lowest BCUT2D eigenvalue weighted by Gasteiger charge is -2.43. The largest absolute Gasteiger partial charge is 0.348 e. The molecule has 1 aliphatic carbocycles. The number of rotatable bonds is 4. The molecular formula is C22H24ClIN2O3S. The molecule has 4 rings (SSSR count). The summed E-state index contributed by atoms with van der Waals surface area (Å²) in [6.45, 7) is 2.64. The zero-order valence-corrected chi connectivity index (χ0v) is 20.4. The molecule has 0 aromatic heterocycles. The molecule has 0 bridgehead atoms. The Bertz CT molecular complexity index is 1080. The maximum absolute atomic E-state index is 13.1. The summed E-state index contributed by atoms with van der Waals surface area (Å²) in [4.78, 5) is 13.1. The van der Waals surface area contributed by atoms with Gasteiger partial charge in [0.2, 0.25) is 10.0 Å². The molecule has 30 heavy (non-hydrogen) atoms. The average Bonchev–Trinajstić information content (AvgIpc) is 3.01. The maximum Gasteiger partial charge on any atom is 0.252 e. The minimum Gasteiger partial charge on any atom is -0.348 e. The predicted molar refractivity (Wildman–Crippen MR) is 128 cm³/mol. The van der Waals surface area contributed by atoms with Crippen molar-refractivity contribution in [3.05, 3.63) is 67.7 Å². The zero-order chi connectivity index (χ0) is 21.5. The summed E-state index contributed by atoms with van der Waals surface area (Å²) in [6.07, 6.45) is 2.16. The van der Waals surface area contributed by atoms with Crippen LogP contribution in [0.3, 0.4) is 0 Å². The molecule has 0 saturated carbocycles. The van der Waals surface area contributed by atoms with Crippen molar-refractivity contribution in [2.75, 3.05) is 18.8 Å². The summed E-state index contributed by atoms with van der Waals surface area (Å²) < 4.78 is 27.1. The Labute approximate surface area is 196 Å². The van der Waals surface area contributed by atoms with Gasteiger partial charge in [0.05, 0.1) is 11.3 Å². The number of hydrogen-bond donors (Lipinski definition) is 1. The first-order chi connectivity index (χ1) is 14.3. The Kier molecular flexibility index (Phi) is 6.18. The van der Waals surface area contributed by atoms with Crippen LogP contribution in [0.2, 0.25) is 5.02 Å². The minimum atomic E-state index is -3.21. The fraction of sp³-hybridized carbons (Fsp3) is 0.409. The number of fused-ring (bicyclic) bond motifs is 2. The van der Waals surface area contributed by atoms with E-state index in [9.17, 15) is 13.2 Å². The molecule has 160 valence electrons. The van der Waals surface area contributed by atoms with Crippen LogP contribution in [-0.2, 0) is 21.9 Å². The molecule has 1 N–H and O–H groups in total. The van der Waals surface area contributed by atoms with E-state index in [1.165, 1.54) is 11.1 Å². The quantitative estimate of drug-likeness (QED) is 0.578. The Morgan fingerprint density at radius 1 is 1.23 bits per heavy atom. The number of nitrogens with zero attached hydrogens (tertiary/aromatic N) is 1. The van der Waals surface area contributed by atoms with Crippen LogP contribution in [0.5, 0.6) is 0 Å². The number of nitrogens with one attached hydrogen (secondary N) is 1. The van der Waals surface area contributed by atoms with Crippen LogP contribution >= 0.6 is 34.2 Å². The summed E-state index contributed by atoms with van der Waals surface area (Å²) >= 11 is 8.17. The van der Waals surface area contributed by atoms with Crippen molar-refractivity contribution < 1.29 is 13.2 Å². The number of amides is 1. The highest BCUT2D eigenvalue weighted by molar-refractivity contribution is 14.1. The number of carbonyl (C=O) groups is 1. The lowest BCUT2D eigenvalue weighted by atomic mass is 9.71. The van der Waals surface area contributed by atoms with Crippen LogP contribution in [0.1, 0.15) is 41.3 Å². The second-order valence-electron chi connectivity index (χ2n) is 7.97. The molecule has 2 aromatic rings. The Balaban J connectivity index is 1.62. The van der Waals surface area contributed by atoms with Crippen LogP contribution in [0.25, 0.3) is 0 Å². The van der Waals surface area contributed by atoms with E-state index < -0.39 is 10.0 Å². The molecule has 0 radical (unpaired) electrons. The highest BCUT2D eigenvalue weighted by Gasteiger charge is 2.49. The molecular weight excluding hydrogens is 535 g/mol. The second-order valence-corrected chi connectivity index (χ2v) is 11.8. The van der Waals surface area contributed by atoms with Crippen molar-refractivity contribution in [3.63, 3.8) is 0 Å². The highest BCUT2D eigenvalue weighted by atomic mass is 127. The van der Waals surface area contributed by atoms with Gasteiger partial charge in [-0.15, -0.1) is 0 Å². The molecule has 1 heterocycles. The molecule has 2 aliphatic rings. The molecule has 1 aliphatic heterocycles. The van der Waals surface area contributed by atoms with Gasteiger partial charge in [-0.3, -0.25) is 4.79 Å². The first-order valence-electron chi connectivity index (χ1n) is 10.1. The molecule has 1 unspecified atom stereocenters. The van der Waals surface area contributed by atoms with Gasteiger partial charge >= 0.3 is 0 Å². The van der Waals surface area contributed by atoms with Crippen LogP contribution in [0, 0.1) is 3.57 Å². The molecule has 2 aromatic carbocycles. The molecule has 1 saturated heterocycles. The smallest absolute Gasteiger partial charge is 0.252 e. The van der Waals surface area contributed by atoms with Gasteiger partial charge in [-0.25, -0.2) is 12.7 Å². The highest BCUT2D eigenvalue weighted by Crippen LogP contribution is 2.46. The van der Waals surface area contributed by atoms with Gasteiger partial charge in [-0.1, -0.05) is 35.9 Å². The van der Waals surface area contributed by atoms with E-state index in [0.717, 1.165) is 9.99 Å². The van der Waals surface area contributed by atoms with Gasteiger partial charge in [0, 0.05) is 33.1 Å². The Morgan fingerprint density at radius 2 is 1.93 bits per heavy atom. The normalized spacial score (nSPS) is 20.8. The van der Waals surface area contributed by atoms with Gasteiger partial charge in [0.25, 0.3) is 5.91 Å². The second kappa shape index (κ2) is 8.41. The van der Waals surface area contributed by atoms with Crippen LogP contribution in [0.15, 0.2) is 42.5 Å². The molecule has 1 amide bonds. The number of hydrogen-bond acceptors (Lipinski definition) is 3. The van der Waals surface area contributed by atoms with Gasteiger partial charge < -0.3 is 5.32 Å². The van der Waals surface area contributed by atoms with Crippen molar-refractivity contribution in [3.8, 4) is 0 Å². The lowest BCUT2D eigenvalue weighted by molar-refractivity contribution is 0.0896. The Morgan fingerprint density at radius 3 is 2.60 bits per heavy atom. The van der Waals surface area contributed by atoms with Gasteiger partial charge in [-0.05, 0) is 78.1 Å². The van der Waals surface area contributed by atoms with Crippen molar-refractivity contribution in [1.29, 1.82) is 0 Å². The van der Waals surface area contributed by atoms with Crippen molar-refractivity contribution >= 4 is 50.1 Å². The van der Waals surface area contributed by atoms with Crippen molar-refractivity contribution in [2.45, 2.75) is 37.6 Å². The first kappa shape index (κ1) is 22.0. The van der Waals surface area contributed by atoms with Crippen LogP contribution in [-0.4, -0.2) is 43.5 Å². The van der Waals surface area contributed by atoms with Gasteiger partial charge in [0.1, 0.15) is 0 Å². The molecule has 1 fully saturated rings. The van der Waals surface area contributed by atoms with E-state index in [-0.39, 0.29) is 23.1 Å². The molecule has 1 spiro atoms. The van der Waals surface area contributed by atoms with Crippen molar-refractivity contribution in [2.24, 2.45) is 0 Å². The summed E-state index contributed by atoms with van der Waals surface area (Å²) in [5.41, 5.74) is 2.84. The SMILES string of the molecule is CCS(=O)(=O)N1CCC2(CC1)c1ccccc1CC2NC(=O)c1ccc(Cl)cc1I. The number of halogens is 2. The fourth-order valence-electron chi connectivity index (χ4n) is 4.85.